The molecule has 6 nitrogen and oxygen atoms in total. The van der Waals surface area contributed by atoms with Gasteiger partial charge in [0.15, 0.2) is 0 Å². The number of hydrogen-bond acceptors (Lipinski definition) is 3. The Labute approximate surface area is 67.0 Å². The molecule has 0 saturated carbocycles. The second-order valence-corrected chi connectivity index (χ2v) is 2.27. The van der Waals surface area contributed by atoms with Crippen molar-refractivity contribution in [2.24, 2.45) is 0 Å². The summed E-state index contributed by atoms with van der Waals surface area (Å²) in [4.78, 5) is 22.3. The number of aromatic amines is 1. The fraction of sp³-hybridized carbons (Fsp3) is 0.167. The van der Waals surface area contributed by atoms with Crippen LogP contribution in [0.2, 0.25) is 0 Å². The normalized spacial score (nSPS) is 9.75. The third-order valence-corrected chi connectivity index (χ3v) is 1.34. The number of aromatic carboxylic acids is 1. The second-order valence-electron chi connectivity index (χ2n) is 2.27. The van der Waals surface area contributed by atoms with Crippen molar-refractivity contribution in [1.29, 1.82) is 0 Å². The van der Waals surface area contributed by atoms with Gasteiger partial charge in [-0.2, -0.15) is 0 Å². The summed E-state index contributed by atoms with van der Waals surface area (Å²) in [6, 6.07) is 1.18. The van der Waals surface area contributed by atoms with Crippen LogP contribution in [-0.4, -0.2) is 21.0 Å². The van der Waals surface area contributed by atoms with Crippen molar-refractivity contribution in [3.63, 3.8) is 0 Å². The Kier molecular flexibility index (Phi) is 1.82. The van der Waals surface area contributed by atoms with Gasteiger partial charge < -0.3 is 10.1 Å². The molecule has 0 radical (unpaired) electrons. The zero-order valence-electron chi connectivity index (χ0n) is 6.20. The van der Waals surface area contributed by atoms with Crippen molar-refractivity contribution < 1.29 is 14.8 Å². The Morgan fingerprint density at radius 3 is 2.67 bits per heavy atom. The van der Waals surface area contributed by atoms with Crippen molar-refractivity contribution in [1.82, 2.24) is 4.98 Å². The van der Waals surface area contributed by atoms with Crippen LogP contribution >= 0.6 is 0 Å². The van der Waals surface area contributed by atoms with Gasteiger partial charge in [-0.25, -0.2) is 4.79 Å². The number of nitro groups is 1. The number of carbonyl (C=O) groups is 1. The summed E-state index contributed by atoms with van der Waals surface area (Å²) in [6.07, 6.45) is 0. The maximum absolute atomic E-state index is 10.4. The van der Waals surface area contributed by atoms with Crippen LogP contribution in [0.3, 0.4) is 0 Å². The second kappa shape index (κ2) is 2.65. The van der Waals surface area contributed by atoms with Crippen molar-refractivity contribution in [2.45, 2.75) is 6.92 Å². The zero-order valence-corrected chi connectivity index (χ0v) is 6.20. The summed E-state index contributed by atoms with van der Waals surface area (Å²) in [5.41, 5.74) is -0.323. The van der Waals surface area contributed by atoms with Crippen LogP contribution in [-0.2, 0) is 0 Å². The summed E-state index contributed by atoms with van der Waals surface area (Å²) in [5.74, 6) is -1.32. The molecule has 1 rings (SSSR count). The van der Waals surface area contributed by atoms with E-state index in [9.17, 15) is 14.9 Å². The van der Waals surface area contributed by atoms with Crippen LogP contribution in [0, 0.1) is 17.0 Å². The maximum atomic E-state index is 10.4. The van der Waals surface area contributed by atoms with Crippen LogP contribution in [0.5, 0.6) is 0 Å². The van der Waals surface area contributed by atoms with E-state index in [0.717, 1.165) is 0 Å². The molecule has 0 saturated heterocycles. The van der Waals surface area contributed by atoms with Gasteiger partial charge in [0.05, 0.1) is 4.92 Å². The summed E-state index contributed by atoms with van der Waals surface area (Å²) in [6.45, 7) is 1.56. The topological polar surface area (TPSA) is 96.2 Å². The van der Waals surface area contributed by atoms with E-state index in [0.29, 0.717) is 5.69 Å². The van der Waals surface area contributed by atoms with E-state index < -0.39 is 16.6 Å². The summed E-state index contributed by atoms with van der Waals surface area (Å²) in [5, 5.41) is 18.8. The summed E-state index contributed by atoms with van der Waals surface area (Å²) < 4.78 is 0. The van der Waals surface area contributed by atoms with Gasteiger partial charge in [-0.1, -0.05) is 0 Å². The Hall–Kier alpha value is -1.85. The van der Waals surface area contributed by atoms with Crippen molar-refractivity contribution in [2.75, 3.05) is 0 Å². The van der Waals surface area contributed by atoms with E-state index in [1.807, 2.05) is 0 Å². The number of hydrogen-bond donors (Lipinski definition) is 2. The maximum Gasteiger partial charge on any atom is 0.359 e. The molecule has 0 fully saturated rings. The Morgan fingerprint density at radius 2 is 2.33 bits per heavy atom. The SMILES string of the molecule is Cc1cc([N+](=O)[O-])c(C(=O)O)[nH]1. The van der Waals surface area contributed by atoms with Gasteiger partial charge in [0.2, 0.25) is 5.69 Å². The number of carboxylic acid groups (broad SMARTS) is 1. The predicted molar refractivity (Wildman–Crippen MR) is 39.1 cm³/mol. The fourth-order valence-electron chi connectivity index (χ4n) is 0.882. The Balaban J connectivity index is 3.26. The highest BCUT2D eigenvalue weighted by Gasteiger charge is 2.21. The molecule has 0 aromatic carbocycles. The van der Waals surface area contributed by atoms with Crippen molar-refractivity contribution in [3.8, 4) is 0 Å². The Morgan fingerprint density at radius 1 is 1.75 bits per heavy atom. The van der Waals surface area contributed by atoms with E-state index in [2.05, 4.69) is 4.98 Å². The number of nitrogens with one attached hydrogen (secondary N) is 1. The Bertz CT molecular complexity index is 310. The van der Waals surface area contributed by atoms with Crippen LogP contribution in [0.15, 0.2) is 6.07 Å². The fourth-order valence-corrected chi connectivity index (χ4v) is 0.882. The molecule has 6 heteroatoms. The third kappa shape index (κ3) is 1.26. The average Bonchev–Trinajstić information content (AvgIpc) is 2.31. The first kappa shape index (κ1) is 8.25. The first-order chi connectivity index (χ1) is 5.52. The number of aromatic nitrogens is 1. The third-order valence-electron chi connectivity index (χ3n) is 1.34. The minimum Gasteiger partial charge on any atom is -0.476 e. The number of H-pyrrole nitrogens is 1. The monoisotopic (exact) mass is 170 g/mol. The van der Waals surface area contributed by atoms with Gasteiger partial charge in [0.1, 0.15) is 0 Å². The molecule has 64 valence electrons. The molecule has 1 aromatic rings. The lowest BCUT2D eigenvalue weighted by molar-refractivity contribution is -0.385. The van der Waals surface area contributed by atoms with Gasteiger partial charge >= 0.3 is 11.7 Å². The molecule has 1 heterocycles. The molecule has 0 aliphatic rings. The van der Waals surface area contributed by atoms with Gasteiger partial charge in [-0.15, -0.1) is 0 Å². The lowest BCUT2D eigenvalue weighted by Crippen LogP contribution is -2.00. The predicted octanol–water partition coefficient (Wildman–Crippen LogP) is 0.930. The molecule has 0 atom stereocenters. The van der Waals surface area contributed by atoms with E-state index in [-0.39, 0.29) is 5.69 Å². The quantitative estimate of drug-likeness (QED) is 0.509. The summed E-state index contributed by atoms with van der Waals surface area (Å²) >= 11 is 0. The molecule has 1 aromatic heterocycles. The number of rotatable bonds is 2. The molecule has 0 amide bonds. The van der Waals surface area contributed by atoms with E-state index in [1.54, 1.807) is 6.92 Å². The number of carboxylic acids is 1. The highest BCUT2D eigenvalue weighted by atomic mass is 16.6. The van der Waals surface area contributed by atoms with Crippen LogP contribution in [0.25, 0.3) is 0 Å². The average molecular weight is 170 g/mol. The molecule has 0 aliphatic carbocycles. The number of aryl methyl sites for hydroxylation is 1. The van der Waals surface area contributed by atoms with Gasteiger partial charge in [-0.3, -0.25) is 10.1 Å². The molecular weight excluding hydrogens is 164 g/mol. The lowest BCUT2D eigenvalue weighted by atomic mass is 10.3. The lowest BCUT2D eigenvalue weighted by Gasteiger charge is -1.87. The molecule has 0 aliphatic heterocycles. The van der Waals surface area contributed by atoms with Crippen molar-refractivity contribution >= 4 is 11.7 Å². The molecule has 2 N–H and O–H groups in total. The van der Waals surface area contributed by atoms with Crippen LogP contribution < -0.4 is 0 Å². The first-order valence-electron chi connectivity index (χ1n) is 3.09. The molecule has 12 heavy (non-hydrogen) atoms. The van der Waals surface area contributed by atoms with Gasteiger partial charge in [0, 0.05) is 11.8 Å². The van der Waals surface area contributed by atoms with Crippen LogP contribution in [0.1, 0.15) is 16.2 Å². The van der Waals surface area contributed by atoms with E-state index in [4.69, 9.17) is 5.11 Å². The van der Waals surface area contributed by atoms with Crippen LogP contribution in [0.4, 0.5) is 5.69 Å². The zero-order chi connectivity index (χ0) is 9.30. The number of nitrogens with zero attached hydrogens (tertiary/aromatic N) is 1. The smallest absolute Gasteiger partial charge is 0.359 e. The minimum absolute atomic E-state index is 0.377. The first-order valence-corrected chi connectivity index (χ1v) is 3.09. The van der Waals surface area contributed by atoms with E-state index >= 15 is 0 Å². The summed E-state index contributed by atoms with van der Waals surface area (Å²) in [7, 11) is 0. The van der Waals surface area contributed by atoms with E-state index in [1.165, 1.54) is 6.07 Å². The van der Waals surface area contributed by atoms with Crippen molar-refractivity contribution in [3.05, 3.63) is 27.6 Å². The van der Waals surface area contributed by atoms with Gasteiger partial charge in [0.25, 0.3) is 0 Å². The highest BCUT2D eigenvalue weighted by Crippen LogP contribution is 2.18. The van der Waals surface area contributed by atoms with Gasteiger partial charge in [-0.05, 0) is 6.92 Å². The molecular formula is C6H6N2O4. The minimum atomic E-state index is -1.32. The largest absolute Gasteiger partial charge is 0.476 e. The molecule has 0 spiro atoms. The standard InChI is InChI=1S/C6H6N2O4/c1-3-2-4(8(11)12)5(7-3)6(9)10/h2,7H,1H3,(H,9,10). The highest BCUT2D eigenvalue weighted by molar-refractivity contribution is 5.90. The molecule has 0 bridgehead atoms. The molecule has 0 unspecified atom stereocenters.